The fourth-order valence-corrected chi connectivity index (χ4v) is 4.02. The summed E-state index contributed by atoms with van der Waals surface area (Å²) in [5.74, 6) is 1.70. The van der Waals surface area contributed by atoms with E-state index in [9.17, 15) is 4.79 Å². The fourth-order valence-electron chi connectivity index (χ4n) is 3.83. The maximum absolute atomic E-state index is 13.5. The molecule has 0 N–H and O–H groups in total. The lowest BCUT2D eigenvalue weighted by atomic mass is 9.63. The molecule has 0 unspecified atom stereocenters. The molecular formula is C21H22ClNO3. The Morgan fingerprint density at radius 2 is 1.96 bits per heavy atom. The van der Waals surface area contributed by atoms with E-state index < -0.39 is 5.41 Å². The van der Waals surface area contributed by atoms with Crippen LogP contribution in [0.3, 0.4) is 0 Å². The number of likely N-dealkylation sites (N-methyl/N-ethyl adjacent to an activating group) is 1. The zero-order chi connectivity index (χ0) is 18.1. The lowest BCUT2D eigenvalue weighted by molar-refractivity contribution is -0.141. The summed E-state index contributed by atoms with van der Waals surface area (Å²) in [6, 6.07) is 13.6. The van der Waals surface area contributed by atoms with Crippen molar-refractivity contribution in [1.82, 2.24) is 4.90 Å². The van der Waals surface area contributed by atoms with Crippen LogP contribution in [0.25, 0.3) is 0 Å². The number of benzene rings is 2. The normalized spacial score (nSPS) is 16.8. The summed E-state index contributed by atoms with van der Waals surface area (Å²) in [5.41, 5.74) is 1.65. The SMILES string of the molecule is CCN(Cc1ccc2c(c1)OCO2)C(=O)C1(c2cccc(Cl)c2)CCC1. The quantitative estimate of drug-likeness (QED) is 0.774. The molecule has 1 aliphatic heterocycles. The number of carbonyl (C=O) groups is 1. The van der Waals surface area contributed by atoms with Crippen molar-refractivity contribution >= 4 is 17.5 Å². The van der Waals surface area contributed by atoms with E-state index in [2.05, 4.69) is 0 Å². The van der Waals surface area contributed by atoms with Crippen LogP contribution in [0.15, 0.2) is 42.5 Å². The maximum atomic E-state index is 13.5. The monoisotopic (exact) mass is 371 g/mol. The summed E-state index contributed by atoms with van der Waals surface area (Å²) < 4.78 is 10.8. The minimum atomic E-state index is -0.433. The average Bonchev–Trinajstić information content (AvgIpc) is 3.06. The van der Waals surface area contributed by atoms with Crippen molar-refractivity contribution in [3.05, 3.63) is 58.6 Å². The predicted octanol–water partition coefficient (Wildman–Crippen LogP) is 4.54. The molecule has 0 atom stereocenters. The van der Waals surface area contributed by atoms with Gasteiger partial charge in [0, 0.05) is 18.1 Å². The molecule has 1 heterocycles. The van der Waals surface area contributed by atoms with Gasteiger partial charge in [0.15, 0.2) is 11.5 Å². The third-order valence-electron chi connectivity index (χ3n) is 5.47. The minimum absolute atomic E-state index is 0.186. The van der Waals surface area contributed by atoms with Crippen molar-refractivity contribution in [2.24, 2.45) is 0 Å². The van der Waals surface area contributed by atoms with Gasteiger partial charge in [-0.05, 0) is 55.2 Å². The zero-order valence-electron chi connectivity index (χ0n) is 14.8. The van der Waals surface area contributed by atoms with E-state index in [4.69, 9.17) is 21.1 Å². The topological polar surface area (TPSA) is 38.8 Å². The molecule has 2 aromatic carbocycles. The van der Waals surface area contributed by atoms with Gasteiger partial charge in [0.25, 0.3) is 0 Å². The lowest BCUT2D eigenvalue weighted by Crippen LogP contribution is -2.50. The molecule has 5 heteroatoms. The molecular weight excluding hydrogens is 350 g/mol. The number of ether oxygens (including phenoxy) is 2. The Morgan fingerprint density at radius 1 is 1.15 bits per heavy atom. The number of nitrogens with zero attached hydrogens (tertiary/aromatic N) is 1. The molecule has 1 fully saturated rings. The number of halogens is 1. The molecule has 0 bridgehead atoms. The summed E-state index contributed by atoms with van der Waals surface area (Å²) >= 11 is 6.18. The molecule has 1 saturated carbocycles. The molecule has 0 spiro atoms. The van der Waals surface area contributed by atoms with Crippen molar-refractivity contribution in [3.8, 4) is 11.5 Å². The number of carbonyl (C=O) groups excluding carboxylic acids is 1. The first-order chi connectivity index (χ1) is 12.6. The van der Waals surface area contributed by atoms with Gasteiger partial charge >= 0.3 is 0 Å². The number of hydrogen-bond acceptors (Lipinski definition) is 3. The minimum Gasteiger partial charge on any atom is -0.454 e. The highest BCUT2D eigenvalue weighted by molar-refractivity contribution is 6.30. The van der Waals surface area contributed by atoms with Gasteiger partial charge in [-0.3, -0.25) is 4.79 Å². The van der Waals surface area contributed by atoms with E-state index in [1.807, 2.05) is 54.3 Å². The van der Waals surface area contributed by atoms with E-state index >= 15 is 0 Å². The highest BCUT2D eigenvalue weighted by Crippen LogP contribution is 2.46. The molecule has 0 radical (unpaired) electrons. The Hall–Kier alpha value is -2.20. The van der Waals surface area contributed by atoms with Crippen LogP contribution >= 0.6 is 11.6 Å². The van der Waals surface area contributed by atoms with Crippen LogP contribution in [0.5, 0.6) is 11.5 Å². The standard InChI is InChI=1S/C21H22ClNO3/c1-2-23(13-15-7-8-18-19(11-15)26-14-25-18)20(24)21(9-4-10-21)16-5-3-6-17(22)12-16/h3,5-8,11-12H,2,4,9-10,13-14H2,1H3. The lowest BCUT2D eigenvalue weighted by Gasteiger charge is -2.44. The Kier molecular flexibility index (Phi) is 4.53. The molecule has 1 aliphatic carbocycles. The van der Waals surface area contributed by atoms with Gasteiger partial charge in [-0.2, -0.15) is 0 Å². The Labute approximate surface area is 158 Å². The van der Waals surface area contributed by atoms with Crippen molar-refractivity contribution in [2.75, 3.05) is 13.3 Å². The predicted molar refractivity (Wildman–Crippen MR) is 101 cm³/mol. The van der Waals surface area contributed by atoms with Gasteiger partial charge in [-0.25, -0.2) is 0 Å². The fraction of sp³-hybridized carbons (Fsp3) is 0.381. The van der Waals surface area contributed by atoms with Crippen molar-refractivity contribution in [3.63, 3.8) is 0 Å². The summed E-state index contributed by atoms with van der Waals surface area (Å²) in [6.45, 7) is 3.51. The second-order valence-electron chi connectivity index (χ2n) is 6.95. The van der Waals surface area contributed by atoms with Crippen LogP contribution in [0.4, 0.5) is 0 Å². The first-order valence-electron chi connectivity index (χ1n) is 9.06. The first kappa shape index (κ1) is 17.2. The number of fused-ring (bicyclic) bond motifs is 1. The molecule has 0 aromatic heterocycles. The summed E-state index contributed by atoms with van der Waals surface area (Å²) in [7, 11) is 0. The Balaban J connectivity index is 1.58. The smallest absolute Gasteiger partial charge is 0.233 e. The molecule has 26 heavy (non-hydrogen) atoms. The maximum Gasteiger partial charge on any atom is 0.233 e. The molecule has 4 rings (SSSR count). The van der Waals surface area contributed by atoms with Crippen LogP contribution < -0.4 is 9.47 Å². The van der Waals surface area contributed by atoms with Crippen molar-refractivity contribution < 1.29 is 14.3 Å². The van der Waals surface area contributed by atoms with Crippen molar-refractivity contribution in [2.45, 2.75) is 38.1 Å². The van der Waals surface area contributed by atoms with E-state index in [1.165, 1.54) is 0 Å². The summed E-state index contributed by atoms with van der Waals surface area (Å²) in [6.07, 6.45) is 2.83. The highest BCUT2D eigenvalue weighted by atomic mass is 35.5. The molecule has 0 saturated heterocycles. The summed E-state index contributed by atoms with van der Waals surface area (Å²) in [5, 5.41) is 0.681. The second-order valence-corrected chi connectivity index (χ2v) is 7.39. The second kappa shape index (κ2) is 6.84. The van der Waals surface area contributed by atoms with Gasteiger partial charge in [0.2, 0.25) is 12.7 Å². The molecule has 2 aliphatic rings. The van der Waals surface area contributed by atoms with Gasteiger partial charge in [0.05, 0.1) is 5.41 Å². The number of rotatable bonds is 5. The van der Waals surface area contributed by atoms with Crippen molar-refractivity contribution in [1.29, 1.82) is 0 Å². The van der Waals surface area contributed by atoms with Crippen LogP contribution in [-0.4, -0.2) is 24.1 Å². The van der Waals surface area contributed by atoms with Gasteiger partial charge in [-0.15, -0.1) is 0 Å². The van der Waals surface area contributed by atoms with E-state index in [-0.39, 0.29) is 12.7 Å². The first-order valence-corrected chi connectivity index (χ1v) is 9.44. The number of hydrogen-bond donors (Lipinski definition) is 0. The van der Waals surface area contributed by atoms with Crippen LogP contribution in [0.2, 0.25) is 5.02 Å². The van der Waals surface area contributed by atoms with Crippen LogP contribution in [0.1, 0.15) is 37.3 Å². The highest BCUT2D eigenvalue weighted by Gasteiger charge is 2.47. The van der Waals surface area contributed by atoms with E-state index in [1.54, 1.807) is 0 Å². The molecule has 136 valence electrons. The molecule has 1 amide bonds. The van der Waals surface area contributed by atoms with E-state index in [0.29, 0.717) is 18.1 Å². The summed E-state index contributed by atoms with van der Waals surface area (Å²) in [4.78, 5) is 15.4. The van der Waals surface area contributed by atoms with Gasteiger partial charge in [0.1, 0.15) is 0 Å². The van der Waals surface area contributed by atoms with Crippen LogP contribution in [-0.2, 0) is 16.8 Å². The molecule has 2 aromatic rings. The Bertz CT molecular complexity index is 832. The van der Waals surface area contributed by atoms with Crippen LogP contribution in [0, 0.1) is 0 Å². The molecule has 4 nitrogen and oxygen atoms in total. The van der Waals surface area contributed by atoms with Gasteiger partial charge in [-0.1, -0.05) is 36.2 Å². The third kappa shape index (κ3) is 2.92. The number of amides is 1. The average molecular weight is 372 g/mol. The largest absolute Gasteiger partial charge is 0.454 e. The Morgan fingerprint density at radius 3 is 2.65 bits per heavy atom. The third-order valence-corrected chi connectivity index (χ3v) is 5.71. The van der Waals surface area contributed by atoms with E-state index in [0.717, 1.165) is 41.9 Å². The zero-order valence-corrected chi connectivity index (χ0v) is 15.6. The van der Waals surface area contributed by atoms with Gasteiger partial charge < -0.3 is 14.4 Å².